The Kier molecular flexibility index (Phi) is 6.56. The van der Waals surface area contributed by atoms with Crippen molar-refractivity contribution in [1.82, 2.24) is 9.21 Å². The number of carbonyl (C=O) groups is 1. The molecule has 2 aromatic rings. The number of hydrogen-bond donors (Lipinski definition) is 1. The monoisotopic (exact) mass is 423 g/mol. The van der Waals surface area contributed by atoms with Gasteiger partial charge in [0, 0.05) is 26.2 Å². The van der Waals surface area contributed by atoms with Gasteiger partial charge in [-0.25, -0.2) is 8.42 Å². The largest absolute Gasteiger partial charge is 0.495 e. The molecule has 1 aliphatic rings. The summed E-state index contributed by atoms with van der Waals surface area (Å²) in [5, 5.41) is 3.25. The minimum atomic E-state index is -3.65. The van der Waals surface area contributed by atoms with Gasteiger partial charge in [-0.2, -0.15) is 4.31 Å². The molecule has 0 radical (unpaired) electrons. The van der Waals surface area contributed by atoms with Crippen molar-refractivity contribution in [3.05, 3.63) is 53.6 Å². The van der Waals surface area contributed by atoms with Crippen LogP contribution in [0.2, 0.25) is 5.02 Å². The van der Waals surface area contributed by atoms with E-state index in [1.54, 1.807) is 42.5 Å². The van der Waals surface area contributed by atoms with E-state index in [-0.39, 0.29) is 17.3 Å². The smallest absolute Gasteiger partial charge is 0.246 e. The van der Waals surface area contributed by atoms with Crippen LogP contribution in [0.3, 0.4) is 0 Å². The lowest BCUT2D eigenvalue weighted by Crippen LogP contribution is -2.50. The van der Waals surface area contributed by atoms with E-state index in [1.807, 2.05) is 4.90 Å². The van der Waals surface area contributed by atoms with Gasteiger partial charge in [-0.3, -0.25) is 9.69 Å². The first-order chi connectivity index (χ1) is 13.4. The third-order valence-electron chi connectivity index (χ3n) is 4.53. The average Bonchev–Trinajstić information content (AvgIpc) is 2.70. The van der Waals surface area contributed by atoms with E-state index < -0.39 is 10.0 Å². The van der Waals surface area contributed by atoms with Crippen molar-refractivity contribution in [1.29, 1.82) is 0 Å². The second-order valence-corrected chi connectivity index (χ2v) is 8.67. The number of sulfonamides is 1. The summed E-state index contributed by atoms with van der Waals surface area (Å²) in [6, 6.07) is 13.6. The van der Waals surface area contributed by atoms with Crippen molar-refractivity contribution < 1.29 is 17.9 Å². The lowest BCUT2D eigenvalue weighted by molar-refractivity contribution is -0.117. The number of benzene rings is 2. The number of methoxy groups -OCH3 is 1. The maximum Gasteiger partial charge on any atom is 0.246 e. The van der Waals surface area contributed by atoms with Gasteiger partial charge in [-0.1, -0.05) is 35.9 Å². The van der Waals surface area contributed by atoms with Crippen molar-refractivity contribution >= 4 is 33.2 Å². The molecule has 9 heteroatoms. The number of piperazine rings is 1. The maximum absolute atomic E-state index is 12.9. The number of halogens is 1. The molecule has 0 aromatic heterocycles. The third kappa shape index (κ3) is 4.64. The van der Waals surface area contributed by atoms with Crippen LogP contribution in [0.25, 0.3) is 0 Å². The van der Waals surface area contributed by atoms with Crippen molar-refractivity contribution in [2.75, 3.05) is 45.2 Å². The molecular formula is C19H22ClN3O4S. The number of amides is 1. The Hall–Kier alpha value is -2.13. The molecule has 3 rings (SSSR count). The number of rotatable bonds is 6. The highest BCUT2D eigenvalue weighted by Crippen LogP contribution is 2.27. The van der Waals surface area contributed by atoms with Gasteiger partial charge < -0.3 is 10.1 Å². The van der Waals surface area contributed by atoms with E-state index in [0.29, 0.717) is 42.6 Å². The fraction of sp³-hybridized carbons (Fsp3) is 0.316. The van der Waals surface area contributed by atoms with Crippen LogP contribution in [0, 0.1) is 0 Å². The molecule has 0 atom stereocenters. The lowest BCUT2D eigenvalue weighted by atomic mass is 10.3. The summed E-state index contributed by atoms with van der Waals surface area (Å²) < 4.78 is 32.4. The molecule has 1 fully saturated rings. The first kappa shape index (κ1) is 20.6. The topological polar surface area (TPSA) is 79.0 Å². The summed E-state index contributed by atoms with van der Waals surface area (Å²) >= 11 is 6.05. The van der Waals surface area contributed by atoms with E-state index in [1.165, 1.54) is 17.5 Å². The van der Waals surface area contributed by atoms with Gasteiger partial charge in [0.1, 0.15) is 10.6 Å². The molecule has 0 saturated carbocycles. The van der Waals surface area contributed by atoms with Crippen molar-refractivity contribution in [3.63, 3.8) is 0 Å². The van der Waals surface area contributed by atoms with Crippen LogP contribution in [0.5, 0.6) is 5.75 Å². The highest BCUT2D eigenvalue weighted by Gasteiger charge is 2.31. The standard InChI is InChI=1S/C19H22ClN3O4S/c1-27-17-8-4-5-9-18(17)28(25,26)23-12-10-22(11-13-23)14-19(24)21-16-7-3-2-6-15(16)20/h2-9H,10-14H2,1H3,(H,21,24). The third-order valence-corrected chi connectivity index (χ3v) is 6.80. The van der Waals surface area contributed by atoms with Crippen LogP contribution in [0.1, 0.15) is 0 Å². The predicted octanol–water partition coefficient (Wildman–Crippen LogP) is 2.29. The molecule has 1 N–H and O–H groups in total. The summed E-state index contributed by atoms with van der Waals surface area (Å²) in [6.45, 7) is 1.71. The molecule has 150 valence electrons. The minimum Gasteiger partial charge on any atom is -0.495 e. The molecule has 28 heavy (non-hydrogen) atoms. The fourth-order valence-electron chi connectivity index (χ4n) is 3.05. The van der Waals surface area contributed by atoms with Crippen molar-refractivity contribution in [3.8, 4) is 5.75 Å². The van der Waals surface area contributed by atoms with Crippen LogP contribution < -0.4 is 10.1 Å². The summed E-state index contributed by atoms with van der Waals surface area (Å²) in [5.74, 6) is 0.137. The van der Waals surface area contributed by atoms with E-state index in [0.717, 1.165) is 0 Å². The molecule has 0 bridgehead atoms. The van der Waals surface area contributed by atoms with Gasteiger partial charge in [0.05, 0.1) is 24.4 Å². The SMILES string of the molecule is COc1ccccc1S(=O)(=O)N1CCN(CC(=O)Nc2ccccc2Cl)CC1. The van der Waals surface area contributed by atoms with Crippen LogP contribution in [-0.4, -0.2) is 63.4 Å². The first-order valence-corrected chi connectivity index (χ1v) is 10.6. The average molecular weight is 424 g/mol. The van der Waals surface area contributed by atoms with Crippen molar-refractivity contribution in [2.45, 2.75) is 4.90 Å². The van der Waals surface area contributed by atoms with Crippen LogP contribution >= 0.6 is 11.6 Å². The number of anilines is 1. The Labute approximate surface area is 169 Å². The number of ether oxygens (including phenoxy) is 1. The Morgan fingerprint density at radius 2 is 1.71 bits per heavy atom. The highest BCUT2D eigenvalue weighted by atomic mass is 35.5. The van der Waals surface area contributed by atoms with Crippen LogP contribution in [0.4, 0.5) is 5.69 Å². The second kappa shape index (κ2) is 8.91. The second-order valence-electron chi connectivity index (χ2n) is 6.36. The van der Waals surface area contributed by atoms with Gasteiger partial charge in [0.15, 0.2) is 0 Å². The van der Waals surface area contributed by atoms with Gasteiger partial charge in [-0.05, 0) is 24.3 Å². The molecule has 0 spiro atoms. The number of para-hydroxylation sites is 2. The van der Waals surface area contributed by atoms with E-state index in [9.17, 15) is 13.2 Å². The van der Waals surface area contributed by atoms with Crippen LogP contribution in [-0.2, 0) is 14.8 Å². The molecule has 1 heterocycles. The number of nitrogens with zero attached hydrogens (tertiary/aromatic N) is 2. The first-order valence-electron chi connectivity index (χ1n) is 8.81. The zero-order chi connectivity index (χ0) is 20.1. The minimum absolute atomic E-state index is 0.155. The van der Waals surface area contributed by atoms with Crippen LogP contribution in [0.15, 0.2) is 53.4 Å². The number of nitrogens with one attached hydrogen (secondary N) is 1. The van der Waals surface area contributed by atoms with E-state index >= 15 is 0 Å². The normalized spacial score (nSPS) is 15.9. The Morgan fingerprint density at radius 3 is 2.39 bits per heavy atom. The number of carbonyl (C=O) groups excluding carboxylic acids is 1. The molecule has 0 unspecified atom stereocenters. The zero-order valence-electron chi connectivity index (χ0n) is 15.5. The van der Waals surface area contributed by atoms with Gasteiger partial charge >= 0.3 is 0 Å². The molecule has 1 aliphatic heterocycles. The maximum atomic E-state index is 12.9. The predicted molar refractivity (Wildman–Crippen MR) is 108 cm³/mol. The summed E-state index contributed by atoms with van der Waals surface area (Å²) in [7, 11) is -2.20. The zero-order valence-corrected chi connectivity index (χ0v) is 17.0. The fourth-order valence-corrected chi connectivity index (χ4v) is 4.82. The molecular weight excluding hydrogens is 402 g/mol. The summed E-state index contributed by atoms with van der Waals surface area (Å²) in [4.78, 5) is 14.3. The van der Waals surface area contributed by atoms with Crippen molar-refractivity contribution in [2.24, 2.45) is 0 Å². The van der Waals surface area contributed by atoms with E-state index in [4.69, 9.17) is 16.3 Å². The van der Waals surface area contributed by atoms with Gasteiger partial charge in [0.25, 0.3) is 0 Å². The summed E-state index contributed by atoms with van der Waals surface area (Å²) in [6.07, 6.45) is 0. The number of hydrogen-bond acceptors (Lipinski definition) is 5. The summed E-state index contributed by atoms with van der Waals surface area (Å²) in [5.41, 5.74) is 0.562. The molecule has 2 aromatic carbocycles. The van der Waals surface area contributed by atoms with Gasteiger partial charge in [0.2, 0.25) is 15.9 Å². The molecule has 7 nitrogen and oxygen atoms in total. The molecule has 1 amide bonds. The van der Waals surface area contributed by atoms with E-state index in [2.05, 4.69) is 5.32 Å². The molecule has 0 aliphatic carbocycles. The van der Waals surface area contributed by atoms with Gasteiger partial charge in [-0.15, -0.1) is 0 Å². The molecule has 1 saturated heterocycles. The quantitative estimate of drug-likeness (QED) is 0.771. The lowest BCUT2D eigenvalue weighted by Gasteiger charge is -2.33. The Morgan fingerprint density at radius 1 is 1.07 bits per heavy atom. The highest BCUT2D eigenvalue weighted by molar-refractivity contribution is 7.89. The Balaban J connectivity index is 1.58. The Bertz CT molecular complexity index is 944.